The van der Waals surface area contributed by atoms with Gasteiger partial charge in [0.2, 0.25) is 0 Å². The highest BCUT2D eigenvalue weighted by Crippen LogP contribution is 2.66. The summed E-state index contributed by atoms with van der Waals surface area (Å²) in [6.45, 7) is 6.32. The van der Waals surface area contributed by atoms with Gasteiger partial charge in [-0.3, -0.25) is 4.79 Å². The molecule has 2 N–H and O–H groups in total. The number of fused-ring (bicyclic) bond motifs is 5. The van der Waals surface area contributed by atoms with E-state index in [1.807, 2.05) is 13.0 Å². The van der Waals surface area contributed by atoms with E-state index in [1.54, 1.807) is 12.2 Å². The Balaban J connectivity index is 1.76. The second kappa shape index (κ2) is 4.58. The zero-order chi connectivity index (χ0) is 16.6. The van der Waals surface area contributed by atoms with Crippen LogP contribution in [0.3, 0.4) is 0 Å². The Bertz CT molecular complexity index is 616. The molecule has 0 aromatic carbocycles. The van der Waals surface area contributed by atoms with Gasteiger partial charge in [0.05, 0.1) is 11.7 Å². The lowest BCUT2D eigenvalue weighted by molar-refractivity contribution is -0.157. The van der Waals surface area contributed by atoms with Gasteiger partial charge in [-0.25, -0.2) is 0 Å². The van der Waals surface area contributed by atoms with Gasteiger partial charge in [-0.1, -0.05) is 25.5 Å². The summed E-state index contributed by atoms with van der Waals surface area (Å²) in [5, 5.41) is 22.0. The minimum Gasteiger partial charge on any atom is -0.393 e. The molecule has 0 heterocycles. The molecule has 0 aliphatic heterocycles. The van der Waals surface area contributed by atoms with Crippen molar-refractivity contribution in [1.29, 1.82) is 0 Å². The molecule has 4 unspecified atom stereocenters. The van der Waals surface area contributed by atoms with Gasteiger partial charge in [-0.05, 0) is 63.0 Å². The number of carbonyl (C=O) groups excluding carboxylic acids is 1. The van der Waals surface area contributed by atoms with Crippen LogP contribution in [-0.2, 0) is 4.79 Å². The highest BCUT2D eigenvalue weighted by Gasteiger charge is 2.64. The van der Waals surface area contributed by atoms with Crippen LogP contribution < -0.4 is 0 Å². The minimum absolute atomic E-state index is 0.0786. The summed E-state index contributed by atoms with van der Waals surface area (Å²) in [7, 11) is 0. The van der Waals surface area contributed by atoms with Gasteiger partial charge in [-0.2, -0.15) is 0 Å². The molecule has 0 amide bonds. The molecule has 4 aliphatic rings. The third-order valence-corrected chi connectivity index (χ3v) is 8.06. The van der Waals surface area contributed by atoms with Gasteiger partial charge in [0.25, 0.3) is 0 Å². The summed E-state index contributed by atoms with van der Waals surface area (Å²) >= 11 is 0. The number of rotatable bonds is 0. The maximum absolute atomic E-state index is 11.8. The predicted octanol–water partition coefficient (Wildman–Crippen LogP) is 3.02. The highest BCUT2D eigenvalue weighted by molar-refractivity contribution is 6.01. The van der Waals surface area contributed by atoms with Crippen LogP contribution in [-0.4, -0.2) is 27.7 Å². The second-order valence-corrected chi connectivity index (χ2v) is 9.02. The molecule has 0 aromatic rings. The molecule has 0 radical (unpaired) electrons. The van der Waals surface area contributed by atoms with Crippen LogP contribution in [0.4, 0.5) is 0 Å². The zero-order valence-corrected chi connectivity index (χ0v) is 14.4. The Morgan fingerprint density at radius 2 is 1.96 bits per heavy atom. The highest BCUT2D eigenvalue weighted by atomic mass is 16.3. The monoisotopic (exact) mass is 316 g/mol. The lowest BCUT2D eigenvalue weighted by atomic mass is 9.46. The van der Waals surface area contributed by atoms with Gasteiger partial charge < -0.3 is 10.2 Å². The quantitative estimate of drug-likeness (QED) is 0.722. The summed E-state index contributed by atoms with van der Waals surface area (Å²) in [5.74, 6) is 1.14. The van der Waals surface area contributed by atoms with E-state index in [0.29, 0.717) is 18.3 Å². The van der Waals surface area contributed by atoms with Crippen molar-refractivity contribution in [3.05, 3.63) is 23.8 Å². The van der Waals surface area contributed by atoms with Gasteiger partial charge >= 0.3 is 0 Å². The number of allylic oxidation sites excluding steroid dienone is 4. The maximum atomic E-state index is 11.8. The van der Waals surface area contributed by atoms with Crippen LogP contribution in [0, 0.1) is 28.6 Å². The Hall–Kier alpha value is -0.930. The molecule has 0 aromatic heterocycles. The molecule has 3 saturated carbocycles. The van der Waals surface area contributed by atoms with Crippen molar-refractivity contribution < 1.29 is 15.0 Å². The van der Waals surface area contributed by atoms with Gasteiger partial charge in [0, 0.05) is 16.7 Å². The molecule has 3 fully saturated rings. The molecule has 23 heavy (non-hydrogen) atoms. The predicted molar refractivity (Wildman–Crippen MR) is 88.6 cm³/mol. The largest absolute Gasteiger partial charge is 0.393 e. The standard InChI is InChI=1S/C20H28O3/c1-18-8-6-13(21)10-12(18)4-5-14-15-7-9-20(3,23)19(15,2)11-16(22)17(14)18/h6,8,10,14-17,22-23H,4-5,7,9,11H2,1-3H3/t14?,15?,16?,17?,18-,19-,20+/m0/s1. The fourth-order valence-electron chi connectivity index (χ4n) is 6.55. The van der Waals surface area contributed by atoms with Crippen molar-refractivity contribution in [1.82, 2.24) is 0 Å². The summed E-state index contributed by atoms with van der Waals surface area (Å²) < 4.78 is 0. The average Bonchev–Trinajstić information content (AvgIpc) is 2.69. The minimum atomic E-state index is -0.682. The molecule has 4 rings (SSSR count). The Labute approximate surface area is 138 Å². The van der Waals surface area contributed by atoms with E-state index >= 15 is 0 Å². The van der Waals surface area contributed by atoms with Crippen molar-refractivity contribution in [2.24, 2.45) is 28.6 Å². The third-order valence-electron chi connectivity index (χ3n) is 8.06. The number of ketones is 1. The summed E-state index contributed by atoms with van der Waals surface area (Å²) in [6, 6.07) is 0. The molecule has 7 atom stereocenters. The normalized spacial score (nSPS) is 55.0. The molecule has 0 bridgehead atoms. The summed E-state index contributed by atoms with van der Waals surface area (Å²) in [5.41, 5.74) is 0.114. The number of aliphatic hydroxyl groups is 2. The van der Waals surface area contributed by atoms with Gasteiger partial charge in [-0.15, -0.1) is 0 Å². The number of hydrogen-bond acceptors (Lipinski definition) is 3. The maximum Gasteiger partial charge on any atom is 0.178 e. The molecule has 3 nitrogen and oxygen atoms in total. The zero-order valence-electron chi connectivity index (χ0n) is 14.4. The lowest BCUT2D eigenvalue weighted by Crippen LogP contribution is -2.58. The smallest absolute Gasteiger partial charge is 0.178 e. The Morgan fingerprint density at radius 3 is 2.70 bits per heavy atom. The molecule has 3 heteroatoms. The fraction of sp³-hybridized carbons (Fsp3) is 0.750. The van der Waals surface area contributed by atoms with Gasteiger partial charge in [0.1, 0.15) is 0 Å². The second-order valence-electron chi connectivity index (χ2n) is 9.02. The van der Waals surface area contributed by atoms with E-state index in [-0.39, 0.29) is 22.5 Å². The topological polar surface area (TPSA) is 57.5 Å². The number of aliphatic hydroxyl groups excluding tert-OH is 1. The van der Waals surface area contributed by atoms with E-state index < -0.39 is 11.7 Å². The van der Waals surface area contributed by atoms with Crippen LogP contribution in [0.2, 0.25) is 0 Å². The molecule has 0 spiro atoms. The first-order valence-corrected chi connectivity index (χ1v) is 9.04. The average molecular weight is 316 g/mol. The fourth-order valence-corrected chi connectivity index (χ4v) is 6.55. The van der Waals surface area contributed by atoms with Crippen molar-refractivity contribution >= 4 is 5.78 Å². The summed E-state index contributed by atoms with van der Waals surface area (Å²) in [4.78, 5) is 11.8. The van der Waals surface area contributed by atoms with Gasteiger partial charge in [0.15, 0.2) is 5.78 Å². The van der Waals surface area contributed by atoms with E-state index in [1.165, 1.54) is 5.57 Å². The van der Waals surface area contributed by atoms with Crippen molar-refractivity contribution in [2.75, 3.05) is 0 Å². The van der Waals surface area contributed by atoms with Crippen LogP contribution >= 0.6 is 0 Å². The molecular weight excluding hydrogens is 288 g/mol. The van der Waals surface area contributed by atoms with Crippen LogP contribution in [0.25, 0.3) is 0 Å². The number of hydrogen-bond donors (Lipinski definition) is 2. The van der Waals surface area contributed by atoms with Crippen molar-refractivity contribution in [3.8, 4) is 0 Å². The SMILES string of the molecule is C[C@]12C=CC(=O)C=C1CCC1C2C(O)C[C@@]2(C)C1CC[C@@]2(C)O. The van der Waals surface area contributed by atoms with Crippen molar-refractivity contribution in [2.45, 2.75) is 64.6 Å². The third kappa shape index (κ3) is 1.87. The molecule has 4 aliphatic carbocycles. The molecular formula is C20H28O3. The van der Waals surface area contributed by atoms with E-state index in [4.69, 9.17) is 0 Å². The first kappa shape index (κ1) is 15.6. The van der Waals surface area contributed by atoms with E-state index in [2.05, 4.69) is 13.8 Å². The Kier molecular flexibility index (Phi) is 3.10. The summed E-state index contributed by atoms with van der Waals surface area (Å²) in [6.07, 6.45) is 9.61. The van der Waals surface area contributed by atoms with Crippen LogP contribution in [0.5, 0.6) is 0 Å². The molecule has 126 valence electrons. The first-order chi connectivity index (χ1) is 10.7. The van der Waals surface area contributed by atoms with E-state index in [0.717, 1.165) is 25.7 Å². The Morgan fingerprint density at radius 1 is 1.22 bits per heavy atom. The van der Waals surface area contributed by atoms with Crippen molar-refractivity contribution in [3.63, 3.8) is 0 Å². The van der Waals surface area contributed by atoms with Crippen LogP contribution in [0.1, 0.15) is 52.9 Å². The van der Waals surface area contributed by atoms with E-state index in [9.17, 15) is 15.0 Å². The number of carbonyl (C=O) groups is 1. The van der Waals surface area contributed by atoms with Crippen LogP contribution in [0.15, 0.2) is 23.8 Å². The molecule has 0 saturated heterocycles. The lowest BCUT2D eigenvalue weighted by Gasteiger charge is -2.59. The first-order valence-electron chi connectivity index (χ1n) is 9.04.